The number of nitrogens with zero attached hydrogens (tertiary/aromatic N) is 1. The van der Waals surface area contributed by atoms with Crippen molar-refractivity contribution >= 4 is 34.8 Å². The van der Waals surface area contributed by atoms with Crippen LogP contribution in [0.4, 0.5) is 10.1 Å². The highest BCUT2D eigenvalue weighted by Gasteiger charge is 2.17. The lowest BCUT2D eigenvalue weighted by Crippen LogP contribution is -2.38. The zero-order valence-corrected chi connectivity index (χ0v) is 14.4. The quantitative estimate of drug-likeness (QED) is 0.716. The van der Waals surface area contributed by atoms with Gasteiger partial charge in [0.15, 0.2) is 0 Å². The summed E-state index contributed by atoms with van der Waals surface area (Å²) < 4.78 is 13.8. The molecule has 0 aliphatic rings. The molecular formula is C17H10Cl2FN3O3. The van der Waals surface area contributed by atoms with Gasteiger partial charge in [-0.2, -0.15) is 0 Å². The lowest BCUT2D eigenvalue weighted by atomic mass is 10.2. The summed E-state index contributed by atoms with van der Waals surface area (Å²) in [6.45, 7) is 0. The molecule has 9 heteroatoms. The van der Waals surface area contributed by atoms with E-state index in [1.807, 2.05) is 0 Å². The molecule has 1 heterocycles. The number of hydrogen-bond acceptors (Lipinski definition) is 3. The van der Waals surface area contributed by atoms with Crippen LogP contribution in [0.1, 0.15) is 10.4 Å². The van der Waals surface area contributed by atoms with Crippen molar-refractivity contribution in [1.82, 2.24) is 9.55 Å². The second kappa shape index (κ2) is 7.15. The fourth-order valence-electron chi connectivity index (χ4n) is 2.24. The number of amides is 1. The Bertz CT molecular complexity index is 1110. The second-order valence-electron chi connectivity index (χ2n) is 5.20. The average Bonchev–Trinajstić information content (AvgIpc) is 2.60. The standard InChI is InChI=1S/C17H10Cl2FN3O3/c18-9-1-6-13(19)14(7-9)22-15(24)12-8-21-17(26)23(16(12)25)11-4-2-10(20)3-5-11/h1-8H,(H,21,26)(H,22,24). The van der Waals surface area contributed by atoms with Gasteiger partial charge in [0.25, 0.3) is 11.5 Å². The zero-order chi connectivity index (χ0) is 18.8. The number of halogens is 3. The molecule has 3 aromatic rings. The number of hydrogen-bond donors (Lipinski definition) is 2. The number of carbonyl (C=O) groups is 1. The van der Waals surface area contributed by atoms with Gasteiger partial charge in [0.2, 0.25) is 0 Å². The summed E-state index contributed by atoms with van der Waals surface area (Å²) in [7, 11) is 0. The van der Waals surface area contributed by atoms with Gasteiger partial charge in [-0.15, -0.1) is 0 Å². The van der Waals surface area contributed by atoms with Gasteiger partial charge in [0, 0.05) is 11.2 Å². The van der Waals surface area contributed by atoms with Crippen LogP contribution in [-0.2, 0) is 0 Å². The van der Waals surface area contributed by atoms with Crippen molar-refractivity contribution in [3.05, 3.63) is 90.9 Å². The molecule has 1 aromatic heterocycles. The Kier molecular flexibility index (Phi) is 4.92. The van der Waals surface area contributed by atoms with Crippen molar-refractivity contribution in [3.63, 3.8) is 0 Å². The molecular weight excluding hydrogens is 384 g/mol. The van der Waals surface area contributed by atoms with Gasteiger partial charge in [-0.3, -0.25) is 9.59 Å². The summed E-state index contributed by atoms with van der Waals surface area (Å²) in [4.78, 5) is 39.3. The van der Waals surface area contributed by atoms with Crippen molar-refractivity contribution < 1.29 is 9.18 Å². The Morgan fingerprint density at radius 1 is 1.08 bits per heavy atom. The van der Waals surface area contributed by atoms with Crippen molar-refractivity contribution in [3.8, 4) is 5.69 Å². The normalized spacial score (nSPS) is 10.6. The Balaban J connectivity index is 2.03. The van der Waals surface area contributed by atoms with E-state index in [2.05, 4.69) is 10.3 Å². The molecule has 132 valence electrons. The highest BCUT2D eigenvalue weighted by Crippen LogP contribution is 2.25. The van der Waals surface area contributed by atoms with E-state index in [1.54, 1.807) is 6.07 Å². The first kappa shape index (κ1) is 17.9. The van der Waals surface area contributed by atoms with E-state index in [0.29, 0.717) is 5.02 Å². The molecule has 0 bridgehead atoms. The third-order valence-corrected chi connectivity index (χ3v) is 4.05. The molecule has 0 atom stereocenters. The molecule has 0 unspecified atom stereocenters. The maximum Gasteiger partial charge on any atom is 0.333 e. The number of H-pyrrole nitrogens is 1. The summed E-state index contributed by atoms with van der Waals surface area (Å²) >= 11 is 11.8. The van der Waals surface area contributed by atoms with E-state index in [1.165, 1.54) is 24.3 Å². The number of rotatable bonds is 3. The zero-order valence-electron chi connectivity index (χ0n) is 12.9. The summed E-state index contributed by atoms with van der Waals surface area (Å²) in [5, 5.41) is 3.04. The number of nitrogens with one attached hydrogen (secondary N) is 2. The van der Waals surface area contributed by atoms with Crippen LogP contribution in [-0.4, -0.2) is 15.5 Å². The third-order valence-electron chi connectivity index (χ3n) is 3.48. The van der Waals surface area contributed by atoms with Crippen LogP contribution in [0.25, 0.3) is 5.69 Å². The van der Waals surface area contributed by atoms with Crippen LogP contribution in [0.3, 0.4) is 0 Å². The van der Waals surface area contributed by atoms with Gasteiger partial charge in [-0.1, -0.05) is 23.2 Å². The molecule has 0 spiro atoms. The van der Waals surface area contributed by atoms with Gasteiger partial charge < -0.3 is 10.3 Å². The molecule has 3 rings (SSSR count). The molecule has 0 aliphatic carbocycles. The number of aromatic nitrogens is 2. The largest absolute Gasteiger partial charge is 0.333 e. The summed E-state index contributed by atoms with van der Waals surface area (Å²) in [5.74, 6) is -1.31. The highest BCUT2D eigenvalue weighted by atomic mass is 35.5. The first-order valence-electron chi connectivity index (χ1n) is 7.24. The molecule has 0 saturated heterocycles. The van der Waals surface area contributed by atoms with Crippen LogP contribution >= 0.6 is 23.2 Å². The topological polar surface area (TPSA) is 84.0 Å². The molecule has 0 fully saturated rings. The van der Waals surface area contributed by atoms with Gasteiger partial charge in [0.1, 0.15) is 11.4 Å². The van der Waals surface area contributed by atoms with Crippen molar-refractivity contribution in [1.29, 1.82) is 0 Å². The van der Waals surface area contributed by atoms with E-state index >= 15 is 0 Å². The van der Waals surface area contributed by atoms with Crippen molar-refractivity contribution in [2.75, 3.05) is 5.32 Å². The smallest absolute Gasteiger partial charge is 0.320 e. The van der Waals surface area contributed by atoms with Crippen molar-refractivity contribution in [2.24, 2.45) is 0 Å². The molecule has 1 amide bonds. The SMILES string of the molecule is O=C(Nc1cc(Cl)ccc1Cl)c1c[nH]c(=O)n(-c2ccc(F)cc2)c1=O. The third kappa shape index (κ3) is 3.54. The summed E-state index contributed by atoms with van der Waals surface area (Å²) in [6, 6.07) is 9.15. The monoisotopic (exact) mass is 393 g/mol. The second-order valence-corrected chi connectivity index (χ2v) is 6.05. The summed E-state index contributed by atoms with van der Waals surface area (Å²) in [6.07, 6.45) is 0.998. The lowest BCUT2D eigenvalue weighted by Gasteiger charge is -2.09. The fraction of sp³-hybridized carbons (Fsp3) is 0. The highest BCUT2D eigenvalue weighted by molar-refractivity contribution is 6.35. The van der Waals surface area contributed by atoms with Crippen LogP contribution in [0, 0.1) is 5.82 Å². The van der Waals surface area contributed by atoms with E-state index in [0.717, 1.165) is 22.9 Å². The first-order valence-corrected chi connectivity index (χ1v) is 7.99. The van der Waals surface area contributed by atoms with E-state index < -0.39 is 23.0 Å². The Labute approximate surface area is 155 Å². The molecule has 0 radical (unpaired) electrons. The molecule has 2 aromatic carbocycles. The van der Waals surface area contributed by atoms with E-state index in [4.69, 9.17) is 23.2 Å². The van der Waals surface area contributed by atoms with Crippen LogP contribution < -0.4 is 16.6 Å². The average molecular weight is 394 g/mol. The van der Waals surface area contributed by atoms with E-state index in [9.17, 15) is 18.8 Å². The maximum atomic E-state index is 13.1. The Morgan fingerprint density at radius 3 is 2.46 bits per heavy atom. The van der Waals surface area contributed by atoms with Crippen LogP contribution in [0.2, 0.25) is 10.0 Å². The fourth-order valence-corrected chi connectivity index (χ4v) is 2.58. The molecule has 6 nitrogen and oxygen atoms in total. The molecule has 0 saturated carbocycles. The molecule has 2 N–H and O–H groups in total. The lowest BCUT2D eigenvalue weighted by molar-refractivity contribution is 0.102. The maximum absolute atomic E-state index is 13.1. The van der Waals surface area contributed by atoms with Gasteiger partial charge in [-0.25, -0.2) is 13.8 Å². The number of aromatic amines is 1. The Hall–Kier alpha value is -2.90. The van der Waals surface area contributed by atoms with Crippen LogP contribution in [0.15, 0.2) is 58.3 Å². The Morgan fingerprint density at radius 2 is 1.77 bits per heavy atom. The minimum atomic E-state index is -0.865. The van der Waals surface area contributed by atoms with E-state index in [-0.39, 0.29) is 22.0 Å². The van der Waals surface area contributed by atoms with Gasteiger partial charge in [-0.05, 0) is 42.5 Å². The van der Waals surface area contributed by atoms with Crippen LogP contribution in [0.5, 0.6) is 0 Å². The van der Waals surface area contributed by atoms with Crippen molar-refractivity contribution in [2.45, 2.75) is 0 Å². The number of carbonyl (C=O) groups excluding carboxylic acids is 1. The summed E-state index contributed by atoms with van der Waals surface area (Å²) in [5.41, 5.74) is -1.63. The molecule has 26 heavy (non-hydrogen) atoms. The van der Waals surface area contributed by atoms with Gasteiger partial charge in [0.05, 0.1) is 16.4 Å². The number of benzene rings is 2. The van der Waals surface area contributed by atoms with Gasteiger partial charge >= 0.3 is 5.69 Å². The molecule has 0 aliphatic heterocycles. The number of anilines is 1. The minimum absolute atomic E-state index is 0.119. The first-order chi connectivity index (χ1) is 12.4. The predicted molar refractivity (Wildman–Crippen MR) is 97.0 cm³/mol. The predicted octanol–water partition coefficient (Wildman–Crippen LogP) is 3.22. The minimum Gasteiger partial charge on any atom is -0.320 e.